The fourth-order valence-corrected chi connectivity index (χ4v) is 2.15. The minimum atomic E-state index is -0.481. The summed E-state index contributed by atoms with van der Waals surface area (Å²) in [6, 6.07) is 2.75. The van der Waals surface area contributed by atoms with Crippen LogP contribution in [0.25, 0.3) is 5.76 Å². The Balaban J connectivity index is 2.16. The second kappa shape index (κ2) is 5.78. The molecule has 0 unspecified atom stereocenters. The van der Waals surface area contributed by atoms with E-state index in [0.717, 1.165) is 19.3 Å². The normalized spacial score (nSPS) is 15.6. The van der Waals surface area contributed by atoms with Crippen LogP contribution in [-0.4, -0.2) is 16.2 Å². The molecule has 0 aliphatic carbocycles. The number of fused-ring (bicyclic) bond motifs is 1. The number of benzene rings is 1. The fraction of sp³-hybridized carbons (Fsp3) is 0.400. The number of phenolic OH excluding ortho intramolecular Hbond substituents is 2. The molecule has 0 atom stereocenters. The smallest absolute Gasteiger partial charge is 0.344 e. The summed E-state index contributed by atoms with van der Waals surface area (Å²) >= 11 is 0. The highest BCUT2D eigenvalue weighted by Crippen LogP contribution is 2.41. The van der Waals surface area contributed by atoms with Gasteiger partial charge >= 0.3 is 5.97 Å². The maximum absolute atomic E-state index is 11.6. The first kappa shape index (κ1) is 13.5. The topological polar surface area (TPSA) is 66.8 Å². The quantitative estimate of drug-likeness (QED) is 0.483. The van der Waals surface area contributed by atoms with Crippen LogP contribution in [-0.2, 0) is 4.74 Å². The summed E-state index contributed by atoms with van der Waals surface area (Å²) in [5.41, 5.74) is 0.607. The molecule has 19 heavy (non-hydrogen) atoms. The molecule has 0 saturated carbocycles. The molecule has 2 N–H and O–H groups in total. The van der Waals surface area contributed by atoms with E-state index < -0.39 is 5.97 Å². The molecule has 0 aromatic heterocycles. The van der Waals surface area contributed by atoms with Crippen LogP contribution >= 0.6 is 0 Å². The zero-order valence-corrected chi connectivity index (χ0v) is 11.0. The van der Waals surface area contributed by atoms with E-state index in [0.29, 0.717) is 16.9 Å². The van der Waals surface area contributed by atoms with Gasteiger partial charge in [0.2, 0.25) is 0 Å². The van der Waals surface area contributed by atoms with Crippen molar-refractivity contribution in [2.45, 2.75) is 39.0 Å². The number of hydrogen-bond acceptors (Lipinski definition) is 4. The predicted octanol–water partition coefficient (Wildman–Crippen LogP) is 3.58. The van der Waals surface area contributed by atoms with Gasteiger partial charge in [0.1, 0.15) is 5.76 Å². The number of allylic oxidation sites excluding steroid dienone is 1. The summed E-state index contributed by atoms with van der Waals surface area (Å²) < 4.78 is 5.13. The number of phenols is 2. The Bertz CT molecular complexity index is 517. The van der Waals surface area contributed by atoms with Crippen molar-refractivity contribution in [1.29, 1.82) is 0 Å². The zero-order chi connectivity index (χ0) is 13.8. The molecule has 2 rings (SSSR count). The van der Waals surface area contributed by atoms with E-state index in [-0.39, 0.29) is 11.5 Å². The van der Waals surface area contributed by atoms with Gasteiger partial charge in [0, 0.05) is 0 Å². The van der Waals surface area contributed by atoms with E-state index in [1.807, 2.05) is 0 Å². The van der Waals surface area contributed by atoms with Crippen LogP contribution in [0, 0.1) is 0 Å². The Labute approximate surface area is 112 Å². The van der Waals surface area contributed by atoms with Gasteiger partial charge in [-0.1, -0.05) is 26.2 Å². The summed E-state index contributed by atoms with van der Waals surface area (Å²) in [7, 11) is 0. The van der Waals surface area contributed by atoms with Crippen LogP contribution in [0.2, 0.25) is 0 Å². The highest BCUT2D eigenvalue weighted by atomic mass is 16.5. The Morgan fingerprint density at radius 3 is 2.74 bits per heavy atom. The van der Waals surface area contributed by atoms with Gasteiger partial charge in [-0.2, -0.15) is 0 Å². The van der Waals surface area contributed by atoms with E-state index in [9.17, 15) is 15.0 Å². The largest absolute Gasteiger partial charge is 0.504 e. The molecule has 0 saturated heterocycles. The van der Waals surface area contributed by atoms with Crippen molar-refractivity contribution in [3.05, 3.63) is 29.3 Å². The SMILES string of the molecule is CCCCCC/C=C1\OC(=O)c2ccc(O)c(O)c21. The van der Waals surface area contributed by atoms with Crippen molar-refractivity contribution in [2.75, 3.05) is 0 Å². The molecule has 1 heterocycles. The van der Waals surface area contributed by atoms with Gasteiger partial charge in [-0.05, 0) is 31.1 Å². The molecule has 1 aliphatic heterocycles. The lowest BCUT2D eigenvalue weighted by Crippen LogP contribution is -1.92. The highest BCUT2D eigenvalue weighted by Gasteiger charge is 2.30. The van der Waals surface area contributed by atoms with Gasteiger partial charge in [0.25, 0.3) is 0 Å². The Morgan fingerprint density at radius 1 is 1.21 bits per heavy atom. The molecule has 102 valence electrons. The highest BCUT2D eigenvalue weighted by molar-refractivity contribution is 6.04. The molecule has 0 spiro atoms. The van der Waals surface area contributed by atoms with Crippen molar-refractivity contribution in [3.63, 3.8) is 0 Å². The second-order valence-corrected chi connectivity index (χ2v) is 4.66. The van der Waals surface area contributed by atoms with Gasteiger partial charge in [-0.25, -0.2) is 4.79 Å². The Hall–Kier alpha value is -1.97. The second-order valence-electron chi connectivity index (χ2n) is 4.66. The summed E-state index contributed by atoms with van der Waals surface area (Å²) in [4.78, 5) is 11.6. The summed E-state index contributed by atoms with van der Waals surface area (Å²) in [6.07, 6.45) is 7.10. The van der Waals surface area contributed by atoms with Gasteiger partial charge < -0.3 is 14.9 Å². The third kappa shape index (κ3) is 2.72. The van der Waals surface area contributed by atoms with Crippen molar-refractivity contribution in [2.24, 2.45) is 0 Å². The zero-order valence-electron chi connectivity index (χ0n) is 11.0. The van der Waals surface area contributed by atoms with Gasteiger partial charge in [-0.15, -0.1) is 0 Å². The van der Waals surface area contributed by atoms with Crippen molar-refractivity contribution in [1.82, 2.24) is 0 Å². The molecular weight excluding hydrogens is 244 g/mol. The number of rotatable bonds is 5. The molecule has 0 bridgehead atoms. The predicted molar refractivity (Wildman–Crippen MR) is 71.9 cm³/mol. The third-order valence-electron chi connectivity index (χ3n) is 3.21. The number of aromatic hydroxyl groups is 2. The molecule has 1 aromatic carbocycles. The van der Waals surface area contributed by atoms with Gasteiger partial charge in [-0.3, -0.25) is 0 Å². The maximum atomic E-state index is 11.6. The summed E-state index contributed by atoms with van der Waals surface area (Å²) in [6.45, 7) is 2.15. The molecule has 4 nitrogen and oxygen atoms in total. The monoisotopic (exact) mass is 262 g/mol. The lowest BCUT2D eigenvalue weighted by atomic mass is 10.0. The summed E-state index contributed by atoms with van der Waals surface area (Å²) in [5.74, 6) is -0.660. The van der Waals surface area contributed by atoms with Crippen LogP contribution in [0.4, 0.5) is 0 Å². The van der Waals surface area contributed by atoms with Crippen molar-refractivity contribution in [3.8, 4) is 11.5 Å². The van der Waals surface area contributed by atoms with E-state index in [1.54, 1.807) is 6.08 Å². The van der Waals surface area contributed by atoms with Crippen LogP contribution in [0.5, 0.6) is 11.5 Å². The molecule has 1 aliphatic rings. The maximum Gasteiger partial charge on any atom is 0.344 e. The number of esters is 1. The fourth-order valence-electron chi connectivity index (χ4n) is 2.15. The number of unbranched alkanes of at least 4 members (excludes halogenated alkanes) is 4. The lowest BCUT2D eigenvalue weighted by molar-refractivity contribution is 0.0715. The average Bonchev–Trinajstić information content (AvgIpc) is 2.71. The number of ether oxygens (including phenoxy) is 1. The van der Waals surface area contributed by atoms with E-state index in [4.69, 9.17) is 4.74 Å². The molecule has 0 amide bonds. The van der Waals surface area contributed by atoms with Crippen LogP contribution in [0.3, 0.4) is 0 Å². The molecule has 0 radical (unpaired) electrons. The molecular formula is C15H18O4. The molecule has 0 fully saturated rings. The Kier molecular flexibility index (Phi) is 4.10. The van der Waals surface area contributed by atoms with E-state index in [1.165, 1.54) is 25.0 Å². The minimum absolute atomic E-state index is 0.242. The standard InChI is InChI=1S/C15H18O4/c1-2-3-4-5-6-7-12-13-10(15(18)19-12)8-9-11(16)14(13)17/h7-9,16-17H,2-6H2,1H3/b12-7-. The average molecular weight is 262 g/mol. The van der Waals surface area contributed by atoms with Crippen molar-refractivity contribution >= 4 is 11.7 Å². The first-order valence-corrected chi connectivity index (χ1v) is 6.62. The van der Waals surface area contributed by atoms with Gasteiger partial charge in [0.05, 0.1) is 11.1 Å². The van der Waals surface area contributed by atoms with E-state index >= 15 is 0 Å². The first-order chi connectivity index (χ1) is 9.15. The Morgan fingerprint density at radius 2 is 2.00 bits per heavy atom. The number of carbonyl (C=O) groups is 1. The van der Waals surface area contributed by atoms with Gasteiger partial charge in [0.15, 0.2) is 11.5 Å². The minimum Gasteiger partial charge on any atom is -0.504 e. The van der Waals surface area contributed by atoms with Crippen LogP contribution in [0.1, 0.15) is 54.9 Å². The van der Waals surface area contributed by atoms with Crippen LogP contribution < -0.4 is 0 Å². The number of cyclic esters (lactones) is 1. The molecule has 4 heteroatoms. The first-order valence-electron chi connectivity index (χ1n) is 6.62. The van der Waals surface area contributed by atoms with E-state index in [2.05, 4.69) is 6.92 Å². The van der Waals surface area contributed by atoms with Crippen molar-refractivity contribution < 1.29 is 19.7 Å². The number of hydrogen-bond donors (Lipinski definition) is 2. The lowest BCUT2D eigenvalue weighted by Gasteiger charge is -2.03. The van der Waals surface area contributed by atoms with Crippen LogP contribution in [0.15, 0.2) is 18.2 Å². The summed E-state index contributed by atoms with van der Waals surface area (Å²) in [5, 5.41) is 19.3. The third-order valence-corrected chi connectivity index (χ3v) is 3.21. The molecule has 1 aromatic rings. The number of carbonyl (C=O) groups excluding carboxylic acids is 1.